The van der Waals surface area contributed by atoms with Crippen LogP contribution >= 0.6 is 22.9 Å². The monoisotopic (exact) mass is 310 g/mol. The first-order chi connectivity index (χ1) is 9.70. The number of thiophene rings is 1. The molecule has 0 saturated heterocycles. The van der Waals surface area contributed by atoms with Gasteiger partial charge in [0.1, 0.15) is 0 Å². The van der Waals surface area contributed by atoms with E-state index in [1.54, 1.807) is 23.5 Å². The number of hydrogen-bond acceptors (Lipinski definition) is 4. The molecule has 2 rings (SSSR count). The predicted octanol–water partition coefficient (Wildman–Crippen LogP) is 2.74. The van der Waals surface area contributed by atoms with Crippen molar-refractivity contribution in [3.05, 3.63) is 51.2 Å². The molecular weight excluding hydrogens is 296 g/mol. The van der Waals surface area contributed by atoms with Gasteiger partial charge in [0.25, 0.3) is 5.91 Å². The summed E-state index contributed by atoms with van der Waals surface area (Å²) in [4.78, 5) is 12.8. The summed E-state index contributed by atoms with van der Waals surface area (Å²) < 4.78 is 0. The topological polar surface area (TPSA) is 61.4 Å². The van der Waals surface area contributed by atoms with Gasteiger partial charge in [-0.1, -0.05) is 17.7 Å². The van der Waals surface area contributed by atoms with Gasteiger partial charge in [-0.25, -0.2) is 0 Å². The number of aliphatic hydroxyl groups excluding tert-OH is 1. The van der Waals surface area contributed by atoms with Crippen LogP contribution in [0.5, 0.6) is 0 Å². The number of halogens is 1. The fraction of sp³-hybridized carbons (Fsp3) is 0.214. The normalized spacial score (nSPS) is 10.3. The van der Waals surface area contributed by atoms with Crippen molar-refractivity contribution in [3.63, 3.8) is 0 Å². The highest BCUT2D eigenvalue weighted by Crippen LogP contribution is 2.23. The van der Waals surface area contributed by atoms with E-state index in [-0.39, 0.29) is 19.1 Å². The molecule has 0 bridgehead atoms. The van der Waals surface area contributed by atoms with Gasteiger partial charge in [-0.15, -0.1) is 11.3 Å². The number of carbonyl (C=O) groups excluding carboxylic acids is 1. The second kappa shape index (κ2) is 7.28. The average Bonchev–Trinajstić information content (AvgIpc) is 2.88. The van der Waals surface area contributed by atoms with E-state index in [1.807, 2.05) is 23.6 Å². The van der Waals surface area contributed by atoms with Crippen LogP contribution in [0.4, 0.5) is 5.69 Å². The fourth-order valence-corrected chi connectivity index (χ4v) is 2.72. The summed E-state index contributed by atoms with van der Waals surface area (Å²) >= 11 is 7.62. The molecule has 0 spiro atoms. The number of amides is 1. The minimum absolute atomic E-state index is 0.0689. The van der Waals surface area contributed by atoms with E-state index in [1.165, 1.54) is 0 Å². The third-order valence-electron chi connectivity index (χ3n) is 2.67. The minimum atomic E-state index is -0.197. The number of benzene rings is 1. The number of carbonyl (C=O) groups is 1. The van der Waals surface area contributed by atoms with E-state index in [0.29, 0.717) is 12.1 Å². The van der Waals surface area contributed by atoms with Gasteiger partial charge in [0, 0.05) is 22.7 Å². The van der Waals surface area contributed by atoms with Gasteiger partial charge in [-0.05, 0) is 29.6 Å². The summed E-state index contributed by atoms with van der Waals surface area (Å²) in [7, 11) is 0. The molecule has 2 aromatic rings. The fourth-order valence-electron chi connectivity index (χ4n) is 1.68. The lowest BCUT2D eigenvalue weighted by Gasteiger charge is -2.08. The Bertz CT molecular complexity index is 586. The van der Waals surface area contributed by atoms with Gasteiger partial charge < -0.3 is 15.7 Å². The highest BCUT2D eigenvalue weighted by molar-refractivity contribution is 7.10. The first kappa shape index (κ1) is 14.8. The van der Waals surface area contributed by atoms with E-state index >= 15 is 0 Å². The van der Waals surface area contributed by atoms with Crippen LogP contribution in [-0.2, 0) is 6.54 Å². The van der Waals surface area contributed by atoms with Crippen LogP contribution in [-0.4, -0.2) is 24.2 Å². The first-order valence-corrected chi connectivity index (χ1v) is 7.41. The van der Waals surface area contributed by atoms with E-state index in [9.17, 15) is 4.79 Å². The summed E-state index contributed by atoms with van der Waals surface area (Å²) in [6.45, 7) is 0.806. The van der Waals surface area contributed by atoms with Crippen molar-refractivity contribution in [1.82, 2.24) is 5.32 Å². The zero-order valence-corrected chi connectivity index (χ0v) is 12.3. The third kappa shape index (κ3) is 3.96. The maximum atomic E-state index is 11.8. The van der Waals surface area contributed by atoms with Crippen molar-refractivity contribution in [1.29, 1.82) is 0 Å². The van der Waals surface area contributed by atoms with Crippen molar-refractivity contribution in [2.24, 2.45) is 0 Å². The quantitative estimate of drug-likeness (QED) is 0.769. The van der Waals surface area contributed by atoms with Crippen molar-refractivity contribution in [2.45, 2.75) is 6.54 Å². The Morgan fingerprint density at radius 2 is 2.20 bits per heavy atom. The molecule has 106 valence electrons. The molecule has 3 N–H and O–H groups in total. The van der Waals surface area contributed by atoms with Crippen molar-refractivity contribution in [3.8, 4) is 0 Å². The molecule has 1 heterocycles. The smallest absolute Gasteiger partial charge is 0.251 e. The lowest BCUT2D eigenvalue weighted by molar-refractivity contribution is 0.0945. The van der Waals surface area contributed by atoms with Gasteiger partial charge in [0.15, 0.2) is 0 Å². The average molecular weight is 311 g/mol. The highest BCUT2D eigenvalue weighted by atomic mass is 35.5. The van der Waals surface area contributed by atoms with Crippen LogP contribution in [0, 0.1) is 0 Å². The van der Waals surface area contributed by atoms with E-state index < -0.39 is 0 Å². The Labute approximate surface area is 126 Å². The van der Waals surface area contributed by atoms with E-state index in [2.05, 4.69) is 10.6 Å². The summed E-state index contributed by atoms with van der Waals surface area (Å²) in [5, 5.41) is 17.2. The molecule has 1 aromatic heterocycles. The van der Waals surface area contributed by atoms with Gasteiger partial charge >= 0.3 is 0 Å². The molecule has 0 saturated carbocycles. The van der Waals surface area contributed by atoms with Crippen LogP contribution in [0.2, 0.25) is 5.02 Å². The molecule has 0 unspecified atom stereocenters. The minimum Gasteiger partial charge on any atom is -0.395 e. The summed E-state index contributed by atoms with van der Waals surface area (Å²) in [6.07, 6.45) is 0. The van der Waals surface area contributed by atoms with Crippen LogP contribution in [0.15, 0.2) is 35.7 Å². The van der Waals surface area contributed by atoms with E-state index in [0.717, 1.165) is 15.6 Å². The standard InChI is InChI=1S/C14H15ClN2O2S/c15-12-4-7-20-13(12)9-17-11-3-1-2-10(8-11)14(19)16-5-6-18/h1-4,7-8,17-18H,5-6,9H2,(H,16,19). The molecule has 1 aromatic carbocycles. The lowest BCUT2D eigenvalue weighted by Crippen LogP contribution is -2.26. The molecule has 0 aliphatic carbocycles. The van der Waals surface area contributed by atoms with Crippen LogP contribution < -0.4 is 10.6 Å². The Hall–Kier alpha value is -1.56. The van der Waals surface area contributed by atoms with Crippen LogP contribution in [0.25, 0.3) is 0 Å². The summed E-state index contributed by atoms with van der Waals surface area (Å²) in [6, 6.07) is 9.07. The van der Waals surface area contributed by atoms with E-state index in [4.69, 9.17) is 16.7 Å². The molecule has 0 aliphatic heterocycles. The number of hydrogen-bond donors (Lipinski definition) is 3. The predicted molar refractivity (Wildman–Crippen MR) is 82.5 cm³/mol. The molecule has 0 fully saturated rings. The Balaban J connectivity index is 1.99. The SMILES string of the molecule is O=C(NCCO)c1cccc(NCc2sccc2Cl)c1. The third-order valence-corrected chi connectivity index (χ3v) is 4.05. The van der Waals surface area contributed by atoms with Crippen molar-refractivity contribution >= 4 is 34.5 Å². The van der Waals surface area contributed by atoms with Gasteiger partial charge in [0.2, 0.25) is 0 Å². The molecule has 0 radical (unpaired) electrons. The molecular formula is C14H15ClN2O2S. The number of rotatable bonds is 6. The molecule has 20 heavy (non-hydrogen) atoms. The summed E-state index contributed by atoms with van der Waals surface area (Å²) in [5.74, 6) is -0.197. The second-order valence-electron chi connectivity index (χ2n) is 4.11. The number of anilines is 1. The first-order valence-electron chi connectivity index (χ1n) is 6.15. The van der Waals surface area contributed by atoms with Crippen molar-refractivity contribution in [2.75, 3.05) is 18.5 Å². The largest absolute Gasteiger partial charge is 0.395 e. The van der Waals surface area contributed by atoms with Gasteiger partial charge in [-0.2, -0.15) is 0 Å². The number of aliphatic hydroxyl groups is 1. The van der Waals surface area contributed by atoms with Crippen LogP contribution in [0.3, 0.4) is 0 Å². The zero-order valence-electron chi connectivity index (χ0n) is 10.7. The zero-order chi connectivity index (χ0) is 14.4. The highest BCUT2D eigenvalue weighted by Gasteiger charge is 2.06. The summed E-state index contributed by atoms with van der Waals surface area (Å²) in [5.41, 5.74) is 1.41. The Morgan fingerprint density at radius 1 is 1.35 bits per heavy atom. The molecule has 0 atom stereocenters. The van der Waals surface area contributed by atoms with Gasteiger partial charge in [0.05, 0.1) is 18.2 Å². The molecule has 4 nitrogen and oxygen atoms in total. The Morgan fingerprint density at radius 3 is 2.90 bits per heavy atom. The maximum Gasteiger partial charge on any atom is 0.251 e. The molecule has 6 heteroatoms. The number of nitrogens with one attached hydrogen (secondary N) is 2. The maximum absolute atomic E-state index is 11.8. The lowest BCUT2D eigenvalue weighted by atomic mass is 10.2. The van der Waals surface area contributed by atoms with Crippen LogP contribution in [0.1, 0.15) is 15.2 Å². The van der Waals surface area contributed by atoms with Gasteiger partial charge in [-0.3, -0.25) is 4.79 Å². The molecule has 1 amide bonds. The van der Waals surface area contributed by atoms with Crippen molar-refractivity contribution < 1.29 is 9.90 Å². The Kier molecular flexibility index (Phi) is 5.40. The molecule has 0 aliphatic rings. The second-order valence-corrected chi connectivity index (χ2v) is 5.51.